The van der Waals surface area contributed by atoms with E-state index in [0.717, 1.165) is 140 Å². The maximum atomic E-state index is 2.72. The molecule has 0 aliphatic carbocycles. The minimum absolute atomic E-state index is 0.668. The normalized spacial score (nSPS) is 18.8. The zero-order valence-electron chi connectivity index (χ0n) is 108. The highest BCUT2D eigenvalue weighted by atomic mass is 15.3. The topological polar surface area (TPSA) is 74.5 Å². The summed E-state index contributed by atoms with van der Waals surface area (Å²) in [6.45, 7) is 178. The molecule has 3 heterocycles. The van der Waals surface area contributed by atoms with Gasteiger partial charge in [-0.25, -0.2) is 0 Å². The molecule has 0 aromatic heterocycles. The first-order valence-corrected chi connectivity index (χ1v) is 63.0. The van der Waals surface area contributed by atoms with Crippen molar-refractivity contribution in [3.63, 3.8) is 0 Å². The van der Waals surface area contributed by atoms with E-state index in [4.69, 9.17) is 0 Å². The molecule has 0 radical (unpaired) electrons. The Bertz CT molecular complexity index is 2560. The van der Waals surface area contributed by atoms with E-state index in [0.29, 0.717) is 48.1 Å². The SMILES string of the molecule is CCN(CC)CCN(CC)C(CN(CC)CC)C(C)C.CCN(CC)CCN(CC)CC(C(C)C)N(CC)CC.CCN(CC)CCN(CC)CCN(CC)C(C)C(C)C.CCN(CC)CCN(CCN(CC)CC)C(C)C(C)C.CCN1CCN(CC)CC(CC(C)C)N(CC)CC1.CCN1CCN(CC)CCN(C(C)C(C)C)CCN(CC)CC1.CCN1CCN(CC)CCN(CC)C(C(C)C)CN(CC)CC1. The molecular weight excluding hydrogens is 1790 g/mol. The molecule has 3 aliphatic rings. The van der Waals surface area contributed by atoms with E-state index in [1.807, 2.05) is 0 Å². The van der Waals surface area contributed by atoms with Gasteiger partial charge in [-0.3, -0.25) is 34.3 Å². The molecule has 0 spiro atoms. The van der Waals surface area contributed by atoms with Crippen LogP contribution in [-0.4, -0.2) is 561 Å². The summed E-state index contributed by atoms with van der Waals surface area (Å²) in [5.74, 6) is 5.13. The summed E-state index contributed by atoms with van der Waals surface area (Å²) >= 11 is 0. The minimum Gasteiger partial charge on any atom is -0.303 e. The average Bonchev–Trinajstić information content (AvgIpc) is 1.76. The molecule has 0 aromatic carbocycles. The first-order valence-electron chi connectivity index (χ1n) is 63.0. The van der Waals surface area contributed by atoms with Crippen LogP contribution in [-0.2, 0) is 0 Å². The van der Waals surface area contributed by atoms with Crippen molar-refractivity contribution in [2.45, 2.75) is 360 Å². The van der Waals surface area contributed by atoms with Crippen molar-refractivity contribution < 1.29 is 0 Å². The molecule has 3 saturated heterocycles. The van der Waals surface area contributed by atoms with Crippen LogP contribution in [0.2, 0.25) is 0 Å². The van der Waals surface area contributed by atoms with Crippen molar-refractivity contribution in [3.05, 3.63) is 0 Å². The largest absolute Gasteiger partial charge is 0.303 e. The van der Waals surface area contributed by atoms with Gasteiger partial charge in [-0.05, 0) is 252 Å². The molecule has 0 aromatic rings. The molecule has 7 atom stereocenters. The van der Waals surface area contributed by atoms with Crippen LogP contribution in [0.1, 0.15) is 318 Å². The van der Waals surface area contributed by atoms with Gasteiger partial charge in [0.25, 0.3) is 0 Å². The third kappa shape index (κ3) is 69.7. The quantitative estimate of drug-likeness (QED) is 0.0579. The highest BCUT2D eigenvalue weighted by Gasteiger charge is 2.31. The van der Waals surface area contributed by atoms with Gasteiger partial charge < -0.3 is 78.4 Å². The second kappa shape index (κ2) is 96.4. The molecule has 3 rings (SSSR count). The first kappa shape index (κ1) is 150. The van der Waals surface area contributed by atoms with Crippen molar-refractivity contribution in [1.82, 2.24) is 113 Å². The summed E-state index contributed by atoms with van der Waals surface area (Å²) in [5, 5.41) is 0. The zero-order valence-corrected chi connectivity index (χ0v) is 108. The Morgan fingerprint density at radius 3 is 0.731 bits per heavy atom. The number of hydrogen-bond donors (Lipinski definition) is 0. The van der Waals surface area contributed by atoms with Crippen LogP contribution in [0.4, 0.5) is 0 Å². The lowest BCUT2D eigenvalue weighted by Gasteiger charge is -2.39. The van der Waals surface area contributed by atoms with Crippen molar-refractivity contribution in [2.24, 2.45) is 41.4 Å². The smallest absolute Gasteiger partial charge is 0.0246 e. The number of hydrogen-bond acceptors (Lipinski definition) is 23. The van der Waals surface area contributed by atoms with Gasteiger partial charge in [0.05, 0.1) is 0 Å². The van der Waals surface area contributed by atoms with Gasteiger partial charge >= 0.3 is 0 Å². The Morgan fingerprint density at radius 2 is 0.448 bits per heavy atom. The summed E-state index contributed by atoms with van der Waals surface area (Å²) in [5.41, 5.74) is 0. The zero-order chi connectivity index (χ0) is 111. The van der Waals surface area contributed by atoms with Gasteiger partial charge in [0.1, 0.15) is 0 Å². The van der Waals surface area contributed by atoms with E-state index < -0.39 is 0 Å². The van der Waals surface area contributed by atoms with Crippen LogP contribution in [0.3, 0.4) is 0 Å². The molecule has 7 unspecified atom stereocenters. The highest BCUT2D eigenvalue weighted by Crippen LogP contribution is 2.21. The van der Waals surface area contributed by atoms with E-state index in [1.165, 1.54) is 307 Å². The lowest BCUT2D eigenvalue weighted by atomic mass is 10.0. The van der Waals surface area contributed by atoms with Gasteiger partial charge in [0.2, 0.25) is 0 Å². The number of rotatable bonds is 63. The lowest BCUT2D eigenvalue weighted by molar-refractivity contribution is 0.0837. The van der Waals surface area contributed by atoms with E-state index in [9.17, 15) is 0 Å². The van der Waals surface area contributed by atoms with Crippen molar-refractivity contribution in [3.8, 4) is 0 Å². The average molecular weight is 2060 g/mol. The molecule has 3 aliphatic heterocycles. The predicted molar refractivity (Wildman–Crippen MR) is 655 cm³/mol. The Labute approximate surface area is 914 Å². The van der Waals surface area contributed by atoms with Crippen molar-refractivity contribution >= 4 is 0 Å². The van der Waals surface area contributed by atoms with Gasteiger partial charge in [0, 0.05) is 265 Å². The molecule has 3 fully saturated rings. The van der Waals surface area contributed by atoms with E-state index in [1.54, 1.807) is 0 Å². The monoisotopic (exact) mass is 2060 g/mol. The molecule has 878 valence electrons. The van der Waals surface area contributed by atoms with Gasteiger partial charge in [-0.2, -0.15) is 0 Å². The summed E-state index contributed by atoms with van der Waals surface area (Å²) in [4.78, 5) is 60.1. The van der Waals surface area contributed by atoms with Gasteiger partial charge in [-0.15, -0.1) is 0 Å². The Morgan fingerprint density at radius 1 is 0.200 bits per heavy atom. The van der Waals surface area contributed by atoms with Crippen LogP contribution in [0.5, 0.6) is 0 Å². The Hall–Kier alpha value is -0.920. The molecule has 0 amide bonds. The van der Waals surface area contributed by atoms with Crippen molar-refractivity contribution in [2.75, 3.05) is 406 Å². The van der Waals surface area contributed by atoms with E-state index >= 15 is 0 Å². The van der Waals surface area contributed by atoms with E-state index in [-0.39, 0.29) is 0 Å². The van der Waals surface area contributed by atoms with Crippen LogP contribution < -0.4 is 0 Å². The fourth-order valence-corrected chi connectivity index (χ4v) is 21.0. The highest BCUT2D eigenvalue weighted by molar-refractivity contribution is 4.87. The summed E-state index contributed by atoms with van der Waals surface area (Å²) < 4.78 is 0. The van der Waals surface area contributed by atoms with Crippen LogP contribution in [0, 0.1) is 41.4 Å². The third-order valence-electron chi connectivity index (χ3n) is 34.4. The summed E-state index contributed by atoms with van der Waals surface area (Å²) in [7, 11) is 0. The Balaban J connectivity index is -0.000000801. The second-order valence-corrected chi connectivity index (χ2v) is 44.8. The molecular formula is C122H275N23. The molecule has 145 heavy (non-hydrogen) atoms. The van der Waals surface area contributed by atoms with Crippen LogP contribution in [0.25, 0.3) is 0 Å². The van der Waals surface area contributed by atoms with Crippen molar-refractivity contribution in [1.29, 1.82) is 0 Å². The lowest BCUT2D eigenvalue weighted by Crippen LogP contribution is -2.51. The maximum absolute atomic E-state index is 2.72. The predicted octanol–water partition coefficient (Wildman–Crippen LogP) is 19.1. The summed E-state index contributed by atoms with van der Waals surface area (Å²) in [6, 6.07) is 4.79. The second-order valence-electron chi connectivity index (χ2n) is 44.8. The number of nitrogens with zero attached hydrogens (tertiary/aromatic N) is 23. The van der Waals surface area contributed by atoms with E-state index in [2.05, 4.69) is 424 Å². The molecule has 23 nitrogen and oxygen atoms in total. The molecule has 23 heteroatoms. The fraction of sp³-hybridized carbons (Fsp3) is 1.00. The molecule has 0 bridgehead atoms. The Kier molecular flexibility index (Phi) is 100.0. The molecule has 0 N–H and O–H groups in total. The van der Waals surface area contributed by atoms with Crippen LogP contribution >= 0.6 is 0 Å². The standard InChI is InChI=1S/2C19H42N4.4C17H39N3.C16H35N3/c1-7-20-10-12-21(8-2)14-16-23(19(6)18(4)5)17-15-22(9-3)13-11-20;1-7-20-11-12-21(8-2)15-16-23(10-4)19(18(5)6)17-22(9-3)14-13-20;1-8-18(9-2)12-14-20(17(7)16(5)6)15-13-19(10-3)11-4;1-8-18(9-2)12-13-19(10-3)14-15-20(11-4)17(7)16(5)6;1-8-18(9-2)13-14-19(10-3)15-17(16(6)7)20(11-4)12-5;1-8-18(9-2)13-14-20(12-5)17(16(6)7)15-19(10-3)11-4;1-6-17-9-10-18(7-2)14-16(13-15(4)5)19(8-3)12-11-17/h2*18-19H,7-17H2,1-6H3;4*16-17H,8-15H2,1-7H3;15-16H,6-14H2,1-5H3. The number of likely N-dealkylation sites (N-methyl/N-ethyl adjacent to an activating group) is 21. The molecule has 0 saturated carbocycles. The third-order valence-corrected chi connectivity index (χ3v) is 34.4. The van der Waals surface area contributed by atoms with Gasteiger partial charge in [-0.1, -0.05) is 291 Å². The van der Waals surface area contributed by atoms with Crippen LogP contribution in [0.15, 0.2) is 0 Å². The maximum Gasteiger partial charge on any atom is 0.0246 e. The summed E-state index contributed by atoms with van der Waals surface area (Å²) in [6.07, 6.45) is 1.33. The van der Waals surface area contributed by atoms with Gasteiger partial charge in [0.15, 0.2) is 0 Å². The first-order chi connectivity index (χ1) is 69.2. The minimum atomic E-state index is 0.668. The fourth-order valence-electron chi connectivity index (χ4n) is 21.0.